The van der Waals surface area contributed by atoms with Crippen LogP contribution in [0.2, 0.25) is 0 Å². The van der Waals surface area contributed by atoms with E-state index in [0.717, 1.165) is 24.0 Å². The molecule has 0 bridgehead atoms. The lowest BCUT2D eigenvalue weighted by atomic mass is 10.0. The molecule has 0 radical (unpaired) electrons. The van der Waals surface area contributed by atoms with Gasteiger partial charge < -0.3 is 0 Å². The molecule has 1 rings (SSSR count). The number of hydrogen-bond acceptors (Lipinski definition) is 3. The van der Waals surface area contributed by atoms with Crippen LogP contribution in [0, 0.1) is 12.8 Å². The highest BCUT2D eigenvalue weighted by Crippen LogP contribution is 2.16. The summed E-state index contributed by atoms with van der Waals surface area (Å²) in [6, 6.07) is 6.67. The van der Waals surface area contributed by atoms with Crippen molar-refractivity contribution in [1.82, 2.24) is 0 Å². The van der Waals surface area contributed by atoms with Crippen LogP contribution in [0.4, 0.5) is 0 Å². The standard InChI is InChI=1S/C17H26O3S/c1-14(2)6-5-7-15(3)12-13-20-21(18,19)17-10-8-16(4)9-11-17/h8-11,14H,3,5-7,12-13H2,1-2,4H3. The van der Waals surface area contributed by atoms with Crippen molar-refractivity contribution in [2.75, 3.05) is 6.61 Å². The molecule has 3 nitrogen and oxygen atoms in total. The Labute approximate surface area is 129 Å². The lowest BCUT2D eigenvalue weighted by Gasteiger charge is -2.09. The largest absolute Gasteiger partial charge is 0.296 e. The fourth-order valence-electron chi connectivity index (χ4n) is 1.95. The zero-order valence-corrected chi connectivity index (χ0v) is 14.1. The van der Waals surface area contributed by atoms with Gasteiger partial charge in [-0.15, -0.1) is 0 Å². The minimum Gasteiger partial charge on any atom is -0.266 e. The lowest BCUT2D eigenvalue weighted by molar-refractivity contribution is 0.320. The monoisotopic (exact) mass is 310 g/mol. The molecule has 0 unspecified atom stereocenters. The average Bonchev–Trinajstić information content (AvgIpc) is 2.38. The molecule has 21 heavy (non-hydrogen) atoms. The zero-order chi connectivity index (χ0) is 15.9. The van der Waals surface area contributed by atoms with Crippen molar-refractivity contribution in [2.24, 2.45) is 5.92 Å². The predicted molar refractivity (Wildman–Crippen MR) is 86.8 cm³/mol. The van der Waals surface area contributed by atoms with Gasteiger partial charge in [-0.3, -0.25) is 4.18 Å². The summed E-state index contributed by atoms with van der Waals surface area (Å²) in [6.07, 6.45) is 3.79. The summed E-state index contributed by atoms with van der Waals surface area (Å²) in [5.74, 6) is 0.691. The van der Waals surface area contributed by atoms with Crippen LogP contribution in [0.25, 0.3) is 0 Å². The van der Waals surface area contributed by atoms with E-state index in [1.165, 1.54) is 6.42 Å². The van der Waals surface area contributed by atoms with Crippen molar-refractivity contribution in [1.29, 1.82) is 0 Å². The van der Waals surface area contributed by atoms with Crippen molar-refractivity contribution >= 4 is 10.1 Å². The van der Waals surface area contributed by atoms with Crippen LogP contribution in [0.15, 0.2) is 41.3 Å². The highest BCUT2D eigenvalue weighted by molar-refractivity contribution is 7.86. The van der Waals surface area contributed by atoms with Crippen molar-refractivity contribution in [3.63, 3.8) is 0 Å². The summed E-state index contributed by atoms with van der Waals surface area (Å²) in [7, 11) is -3.65. The van der Waals surface area contributed by atoms with Crippen LogP contribution < -0.4 is 0 Å². The molecular formula is C17H26O3S. The number of aryl methyl sites for hydroxylation is 1. The van der Waals surface area contributed by atoms with Gasteiger partial charge in [0.15, 0.2) is 0 Å². The lowest BCUT2D eigenvalue weighted by Crippen LogP contribution is -2.08. The third kappa shape index (κ3) is 6.91. The van der Waals surface area contributed by atoms with E-state index in [1.807, 2.05) is 6.92 Å². The fourth-order valence-corrected chi connectivity index (χ4v) is 2.86. The van der Waals surface area contributed by atoms with Crippen molar-refractivity contribution in [2.45, 2.75) is 51.3 Å². The number of hydrogen-bond donors (Lipinski definition) is 0. The van der Waals surface area contributed by atoms with Gasteiger partial charge in [0.05, 0.1) is 11.5 Å². The fraction of sp³-hybridized carbons (Fsp3) is 0.529. The maximum Gasteiger partial charge on any atom is 0.296 e. The molecule has 0 spiro atoms. The van der Waals surface area contributed by atoms with Gasteiger partial charge in [0, 0.05) is 0 Å². The summed E-state index contributed by atoms with van der Waals surface area (Å²) in [5.41, 5.74) is 2.07. The van der Waals surface area contributed by atoms with E-state index in [-0.39, 0.29) is 11.5 Å². The number of benzene rings is 1. The quantitative estimate of drug-likeness (QED) is 0.499. The van der Waals surface area contributed by atoms with Gasteiger partial charge in [0.25, 0.3) is 10.1 Å². The molecule has 4 heteroatoms. The summed E-state index contributed by atoms with van der Waals surface area (Å²) in [5, 5.41) is 0. The van der Waals surface area contributed by atoms with E-state index in [2.05, 4.69) is 20.4 Å². The van der Waals surface area contributed by atoms with E-state index in [0.29, 0.717) is 12.3 Å². The Hall–Kier alpha value is -1.13. The summed E-state index contributed by atoms with van der Waals surface area (Å²) >= 11 is 0. The van der Waals surface area contributed by atoms with Crippen molar-refractivity contribution in [3.05, 3.63) is 42.0 Å². The van der Waals surface area contributed by atoms with Crippen LogP contribution >= 0.6 is 0 Å². The molecule has 1 aromatic carbocycles. The molecule has 0 amide bonds. The Morgan fingerprint density at radius 1 is 1.19 bits per heavy atom. The van der Waals surface area contributed by atoms with Gasteiger partial charge in [-0.25, -0.2) is 0 Å². The van der Waals surface area contributed by atoms with E-state index < -0.39 is 10.1 Å². The second-order valence-electron chi connectivity index (χ2n) is 5.88. The van der Waals surface area contributed by atoms with Gasteiger partial charge in [0.1, 0.15) is 0 Å². The zero-order valence-electron chi connectivity index (χ0n) is 13.3. The van der Waals surface area contributed by atoms with E-state index in [1.54, 1.807) is 24.3 Å². The second kappa shape index (κ2) is 8.35. The van der Waals surface area contributed by atoms with Crippen molar-refractivity contribution in [3.8, 4) is 0 Å². The molecular weight excluding hydrogens is 284 g/mol. The first kappa shape index (κ1) is 17.9. The Bertz CT molecular complexity index is 542. The molecule has 118 valence electrons. The minimum absolute atomic E-state index is 0.163. The van der Waals surface area contributed by atoms with E-state index in [4.69, 9.17) is 4.18 Å². The molecule has 0 N–H and O–H groups in total. The Morgan fingerprint density at radius 3 is 2.38 bits per heavy atom. The smallest absolute Gasteiger partial charge is 0.266 e. The van der Waals surface area contributed by atoms with E-state index in [9.17, 15) is 8.42 Å². The summed E-state index contributed by atoms with van der Waals surface area (Å²) in [6.45, 7) is 10.4. The first-order valence-corrected chi connectivity index (χ1v) is 8.85. The van der Waals surface area contributed by atoms with Gasteiger partial charge in [-0.05, 0) is 44.2 Å². The topological polar surface area (TPSA) is 43.4 Å². The summed E-state index contributed by atoms with van der Waals surface area (Å²) in [4.78, 5) is 0.207. The molecule has 0 atom stereocenters. The Kier molecular flexibility index (Phi) is 7.12. The van der Waals surface area contributed by atoms with Crippen LogP contribution in [-0.4, -0.2) is 15.0 Å². The first-order chi connectivity index (χ1) is 9.81. The van der Waals surface area contributed by atoms with Gasteiger partial charge in [0.2, 0.25) is 0 Å². The van der Waals surface area contributed by atoms with E-state index >= 15 is 0 Å². The molecule has 0 heterocycles. The van der Waals surface area contributed by atoms with Crippen LogP contribution in [0.3, 0.4) is 0 Å². The van der Waals surface area contributed by atoms with Gasteiger partial charge in [-0.2, -0.15) is 8.42 Å². The molecule has 0 aliphatic carbocycles. The van der Waals surface area contributed by atoms with Gasteiger partial charge in [-0.1, -0.05) is 50.1 Å². The van der Waals surface area contributed by atoms with Crippen LogP contribution in [0.5, 0.6) is 0 Å². The highest BCUT2D eigenvalue weighted by atomic mass is 32.2. The Morgan fingerprint density at radius 2 is 1.81 bits per heavy atom. The van der Waals surface area contributed by atoms with Crippen LogP contribution in [0.1, 0.15) is 45.1 Å². The third-order valence-electron chi connectivity index (χ3n) is 3.32. The SMILES string of the molecule is C=C(CCCC(C)C)CCOS(=O)(=O)c1ccc(C)cc1. The molecule has 1 aromatic rings. The molecule has 0 fully saturated rings. The molecule has 0 aromatic heterocycles. The minimum atomic E-state index is -3.65. The highest BCUT2D eigenvalue weighted by Gasteiger charge is 2.14. The molecule has 0 aliphatic heterocycles. The summed E-state index contributed by atoms with van der Waals surface area (Å²) < 4.78 is 29.0. The average molecular weight is 310 g/mol. The van der Waals surface area contributed by atoms with Crippen molar-refractivity contribution < 1.29 is 12.6 Å². The Balaban J connectivity index is 2.37. The molecule has 0 saturated heterocycles. The maximum atomic E-state index is 12.0. The molecule has 0 saturated carbocycles. The number of rotatable bonds is 9. The normalized spacial score (nSPS) is 11.8. The van der Waals surface area contributed by atoms with Crippen LogP contribution in [-0.2, 0) is 14.3 Å². The van der Waals surface area contributed by atoms with Gasteiger partial charge >= 0.3 is 0 Å². The molecule has 0 aliphatic rings. The third-order valence-corrected chi connectivity index (χ3v) is 4.64. The predicted octanol–water partition coefficient (Wildman–Crippen LogP) is 4.47. The maximum absolute atomic E-state index is 12.0. The first-order valence-electron chi connectivity index (χ1n) is 7.44. The second-order valence-corrected chi connectivity index (χ2v) is 7.49.